The quantitative estimate of drug-likeness (QED) is 0.856. The van der Waals surface area contributed by atoms with Crippen molar-refractivity contribution in [2.24, 2.45) is 5.41 Å². The van der Waals surface area contributed by atoms with Gasteiger partial charge in [-0.1, -0.05) is 37.6 Å². The van der Waals surface area contributed by atoms with Gasteiger partial charge in [0.2, 0.25) is 0 Å². The Morgan fingerprint density at radius 3 is 2.61 bits per heavy atom. The van der Waals surface area contributed by atoms with Gasteiger partial charge in [0.05, 0.1) is 5.02 Å². The molecule has 0 unspecified atom stereocenters. The highest BCUT2D eigenvalue weighted by atomic mass is 35.5. The molecule has 0 aliphatic carbocycles. The summed E-state index contributed by atoms with van der Waals surface area (Å²) in [6.45, 7) is 6.85. The fraction of sp³-hybridized carbons (Fsp3) is 0.571. The standard InChI is InChI=1S/C14H22ClFN2/c1-14(2,10-18(3)4)9-17-8-11-6-5-7-12(16)13(11)15/h5-7,17H,8-10H2,1-4H3. The van der Waals surface area contributed by atoms with Gasteiger partial charge >= 0.3 is 0 Å². The summed E-state index contributed by atoms with van der Waals surface area (Å²) in [7, 11) is 4.12. The van der Waals surface area contributed by atoms with E-state index in [0.717, 1.165) is 18.7 Å². The highest BCUT2D eigenvalue weighted by Crippen LogP contribution is 2.20. The third kappa shape index (κ3) is 4.92. The molecule has 0 radical (unpaired) electrons. The summed E-state index contributed by atoms with van der Waals surface area (Å²) in [5.41, 5.74) is 0.973. The van der Waals surface area contributed by atoms with Crippen LogP contribution in [0.4, 0.5) is 4.39 Å². The van der Waals surface area contributed by atoms with E-state index in [-0.39, 0.29) is 16.3 Å². The summed E-state index contributed by atoms with van der Waals surface area (Å²) in [5, 5.41) is 3.56. The van der Waals surface area contributed by atoms with Crippen LogP contribution in [0.2, 0.25) is 5.02 Å². The fourth-order valence-electron chi connectivity index (χ4n) is 2.13. The predicted molar refractivity (Wildman–Crippen MR) is 75.5 cm³/mol. The molecule has 0 saturated heterocycles. The Balaban J connectivity index is 2.49. The first-order chi connectivity index (χ1) is 8.32. The number of rotatable bonds is 6. The maximum atomic E-state index is 13.2. The van der Waals surface area contributed by atoms with E-state index in [0.29, 0.717) is 6.54 Å². The van der Waals surface area contributed by atoms with Crippen molar-refractivity contribution in [2.45, 2.75) is 20.4 Å². The normalized spacial score (nSPS) is 12.2. The lowest BCUT2D eigenvalue weighted by molar-refractivity contribution is 0.232. The Labute approximate surface area is 114 Å². The van der Waals surface area contributed by atoms with Crippen LogP contribution >= 0.6 is 11.6 Å². The van der Waals surface area contributed by atoms with Crippen molar-refractivity contribution in [1.82, 2.24) is 10.2 Å². The molecule has 0 saturated carbocycles. The largest absolute Gasteiger partial charge is 0.312 e. The van der Waals surface area contributed by atoms with E-state index in [4.69, 9.17) is 11.6 Å². The zero-order chi connectivity index (χ0) is 13.8. The van der Waals surface area contributed by atoms with Crippen LogP contribution in [-0.4, -0.2) is 32.1 Å². The molecule has 0 aliphatic heterocycles. The lowest BCUT2D eigenvalue weighted by Gasteiger charge is -2.28. The highest BCUT2D eigenvalue weighted by molar-refractivity contribution is 6.31. The van der Waals surface area contributed by atoms with E-state index in [1.807, 2.05) is 6.07 Å². The molecule has 1 N–H and O–H groups in total. The molecule has 0 amide bonds. The van der Waals surface area contributed by atoms with Crippen LogP contribution in [0.1, 0.15) is 19.4 Å². The molecule has 18 heavy (non-hydrogen) atoms. The van der Waals surface area contributed by atoms with Gasteiger partial charge in [0, 0.05) is 19.6 Å². The van der Waals surface area contributed by atoms with Gasteiger partial charge in [-0.2, -0.15) is 0 Å². The van der Waals surface area contributed by atoms with Gasteiger partial charge < -0.3 is 10.2 Å². The first-order valence-corrected chi connectivity index (χ1v) is 6.48. The van der Waals surface area contributed by atoms with Crippen molar-refractivity contribution >= 4 is 11.6 Å². The lowest BCUT2D eigenvalue weighted by atomic mass is 9.93. The van der Waals surface area contributed by atoms with Crippen molar-refractivity contribution < 1.29 is 4.39 Å². The second kappa shape index (κ2) is 6.50. The van der Waals surface area contributed by atoms with E-state index in [9.17, 15) is 4.39 Å². The molecular weight excluding hydrogens is 251 g/mol. The van der Waals surface area contributed by atoms with E-state index in [2.05, 4.69) is 38.2 Å². The van der Waals surface area contributed by atoms with Crippen LogP contribution in [-0.2, 0) is 6.54 Å². The third-order valence-corrected chi connectivity index (χ3v) is 3.12. The van der Waals surface area contributed by atoms with E-state index in [1.165, 1.54) is 6.07 Å². The molecule has 0 spiro atoms. The zero-order valence-electron chi connectivity index (χ0n) is 11.6. The minimum absolute atomic E-state index is 0.170. The number of nitrogens with zero attached hydrogens (tertiary/aromatic N) is 1. The van der Waals surface area contributed by atoms with Crippen molar-refractivity contribution in [3.8, 4) is 0 Å². The third-order valence-electron chi connectivity index (χ3n) is 2.69. The Morgan fingerprint density at radius 2 is 2.00 bits per heavy atom. The number of nitrogens with one attached hydrogen (secondary N) is 1. The lowest BCUT2D eigenvalue weighted by Crippen LogP contribution is -2.37. The highest BCUT2D eigenvalue weighted by Gasteiger charge is 2.18. The Morgan fingerprint density at radius 1 is 1.33 bits per heavy atom. The van der Waals surface area contributed by atoms with E-state index >= 15 is 0 Å². The first kappa shape index (κ1) is 15.4. The SMILES string of the molecule is CN(C)CC(C)(C)CNCc1cccc(F)c1Cl. The van der Waals surface area contributed by atoms with Gasteiger partial charge in [0.25, 0.3) is 0 Å². The Bertz CT molecular complexity index is 391. The zero-order valence-corrected chi connectivity index (χ0v) is 12.3. The predicted octanol–water partition coefficient (Wildman–Crippen LogP) is 3.16. The number of halogens is 2. The monoisotopic (exact) mass is 272 g/mol. The average molecular weight is 273 g/mol. The van der Waals surface area contributed by atoms with Crippen LogP contribution in [0.3, 0.4) is 0 Å². The summed E-state index contributed by atoms with van der Waals surface area (Å²) >= 11 is 5.90. The van der Waals surface area contributed by atoms with E-state index in [1.54, 1.807) is 6.07 Å². The summed E-state index contributed by atoms with van der Waals surface area (Å²) in [6, 6.07) is 4.91. The maximum Gasteiger partial charge on any atom is 0.142 e. The molecule has 0 heterocycles. The van der Waals surface area contributed by atoms with Gasteiger partial charge in [-0.25, -0.2) is 4.39 Å². The Kier molecular flexibility index (Phi) is 5.57. The topological polar surface area (TPSA) is 15.3 Å². The van der Waals surface area contributed by atoms with Crippen molar-refractivity contribution in [3.63, 3.8) is 0 Å². The van der Waals surface area contributed by atoms with Crippen molar-refractivity contribution in [1.29, 1.82) is 0 Å². The molecule has 0 bridgehead atoms. The molecule has 0 fully saturated rings. The fourth-order valence-corrected chi connectivity index (χ4v) is 2.33. The van der Waals surface area contributed by atoms with Gasteiger partial charge in [0.1, 0.15) is 5.82 Å². The summed E-state index contributed by atoms with van der Waals surface area (Å²) in [5.74, 6) is -0.358. The van der Waals surface area contributed by atoms with Crippen LogP contribution in [0, 0.1) is 11.2 Å². The number of hydrogen-bond donors (Lipinski definition) is 1. The van der Waals surface area contributed by atoms with Crippen LogP contribution < -0.4 is 5.32 Å². The van der Waals surface area contributed by atoms with Crippen LogP contribution in [0.25, 0.3) is 0 Å². The molecule has 4 heteroatoms. The average Bonchev–Trinajstić information content (AvgIpc) is 2.22. The number of benzene rings is 1. The molecule has 0 atom stereocenters. The smallest absolute Gasteiger partial charge is 0.142 e. The van der Waals surface area contributed by atoms with Crippen LogP contribution in [0.5, 0.6) is 0 Å². The minimum atomic E-state index is -0.358. The van der Waals surface area contributed by atoms with Gasteiger partial charge in [-0.05, 0) is 31.1 Å². The molecule has 102 valence electrons. The molecular formula is C14H22ClFN2. The molecule has 0 aliphatic rings. The van der Waals surface area contributed by atoms with Crippen molar-refractivity contribution in [2.75, 3.05) is 27.2 Å². The van der Waals surface area contributed by atoms with E-state index < -0.39 is 0 Å². The summed E-state index contributed by atoms with van der Waals surface area (Å²) < 4.78 is 13.2. The molecule has 1 aromatic carbocycles. The van der Waals surface area contributed by atoms with Gasteiger partial charge in [0.15, 0.2) is 0 Å². The molecule has 0 aromatic heterocycles. The van der Waals surface area contributed by atoms with Crippen molar-refractivity contribution in [3.05, 3.63) is 34.6 Å². The van der Waals surface area contributed by atoms with Crippen LogP contribution in [0.15, 0.2) is 18.2 Å². The minimum Gasteiger partial charge on any atom is -0.312 e. The second-order valence-electron chi connectivity index (χ2n) is 5.72. The van der Waals surface area contributed by atoms with Gasteiger partial charge in [-0.3, -0.25) is 0 Å². The number of hydrogen-bond acceptors (Lipinski definition) is 2. The Hall–Kier alpha value is -0.640. The second-order valence-corrected chi connectivity index (χ2v) is 6.10. The molecule has 2 nitrogen and oxygen atoms in total. The first-order valence-electron chi connectivity index (χ1n) is 6.10. The summed E-state index contributed by atoms with van der Waals surface area (Å²) in [4.78, 5) is 2.16. The molecule has 1 aromatic rings. The molecule has 1 rings (SSSR count). The summed E-state index contributed by atoms with van der Waals surface area (Å²) in [6.07, 6.45) is 0. The van der Waals surface area contributed by atoms with Gasteiger partial charge in [-0.15, -0.1) is 0 Å². The maximum absolute atomic E-state index is 13.2.